The van der Waals surface area contributed by atoms with Crippen LogP contribution >= 0.6 is 0 Å². The number of carbonyl (C=O) groups excluding carboxylic acids is 2. The van der Waals surface area contributed by atoms with Crippen LogP contribution in [0.15, 0.2) is 4.99 Å². The number of aliphatic imine (C=N–C) groups is 1. The highest BCUT2D eigenvalue weighted by Crippen LogP contribution is 2.16. The van der Waals surface area contributed by atoms with Crippen LogP contribution in [0.1, 0.15) is 34.6 Å². The number of carbonyl (C=O) groups is 2. The lowest BCUT2D eigenvalue weighted by molar-refractivity contribution is -0.143. The average molecular weight is 286 g/mol. The lowest BCUT2D eigenvalue weighted by atomic mass is 10.2. The first-order valence-corrected chi connectivity index (χ1v) is 6.45. The summed E-state index contributed by atoms with van der Waals surface area (Å²) in [7, 11) is 1.30. The van der Waals surface area contributed by atoms with Gasteiger partial charge >= 0.3 is 12.1 Å². The third-order valence-electron chi connectivity index (χ3n) is 2.56. The lowest BCUT2D eigenvalue weighted by Gasteiger charge is -2.22. The number of amides is 1. The van der Waals surface area contributed by atoms with E-state index < -0.39 is 35.9 Å². The van der Waals surface area contributed by atoms with Crippen molar-refractivity contribution in [1.29, 1.82) is 0 Å². The Kier molecular flexibility index (Phi) is 4.97. The van der Waals surface area contributed by atoms with E-state index in [0.29, 0.717) is 5.90 Å². The van der Waals surface area contributed by atoms with Gasteiger partial charge in [-0.2, -0.15) is 0 Å². The lowest BCUT2D eigenvalue weighted by Crippen LogP contribution is -2.42. The van der Waals surface area contributed by atoms with Gasteiger partial charge < -0.3 is 19.5 Å². The van der Waals surface area contributed by atoms with Crippen LogP contribution in [-0.2, 0) is 19.0 Å². The topological polar surface area (TPSA) is 86.2 Å². The van der Waals surface area contributed by atoms with Crippen molar-refractivity contribution in [1.82, 2.24) is 5.32 Å². The van der Waals surface area contributed by atoms with Gasteiger partial charge in [-0.1, -0.05) is 0 Å². The van der Waals surface area contributed by atoms with Crippen molar-refractivity contribution in [3.63, 3.8) is 0 Å². The van der Waals surface area contributed by atoms with Crippen molar-refractivity contribution < 1.29 is 23.8 Å². The van der Waals surface area contributed by atoms with E-state index in [0.717, 1.165) is 0 Å². The highest BCUT2D eigenvalue weighted by atomic mass is 16.6. The molecule has 0 spiro atoms. The maximum atomic E-state index is 11.6. The summed E-state index contributed by atoms with van der Waals surface area (Å²) >= 11 is 0. The van der Waals surface area contributed by atoms with E-state index in [2.05, 4.69) is 15.0 Å². The zero-order valence-corrected chi connectivity index (χ0v) is 12.7. The van der Waals surface area contributed by atoms with Crippen LogP contribution in [0.2, 0.25) is 0 Å². The van der Waals surface area contributed by atoms with Crippen LogP contribution in [0, 0.1) is 0 Å². The van der Waals surface area contributed by atoms with Gasteiger partial charge in [-0.25, -0.2) is 14.6 Å². The molecule has 0 aromatic heterocycles. The number of nitrogens with one attached hydrogen (secondary N) is 1. The van der Waals surface area contributed by atoms with Gasteiger partial charge in [0.25, 0.3) is 0 Å². The normalized spacial score (nSPS) is 23.4. The van der Waals surface area contributed by atoms with Crippen molar-refractivity contribution in [2.75, 3.05) is 7.11 Å². The Morgan fingerprint density at radius 3 is 2.50 bits per heavy atom. The highest BCUT2D eigenvalue weighted by molar-refractivity contribution is 5.90. The van der Waals surface area contributed by atoms with Crippen LogP contribution in [0.4, 0.5) is 4.79 Å². The predicted molar refractivity (Wildman–Crippen MR) is 72.6 cm³/mol. The minimum absolute atomic E-state index is 0.291. The zero-order valence-electron chi connectivity index (χ0n) is 12.7. The van der Waals surface area contributed by atoms with Crippen LogP contribution in [0.25, 0.3) is 0 Å². The summed E-state index contributed by atoms with van der Waals surface area (Å²) in [4.78, 5) is 27.3. The van der Waals surface area contributed by atoms with Gasteiger partial charge in [0.05, 0.1) is 7.11 Å². The molecular formula is C13H22N2O5. The Labute approximate surface area is 118 Å². The number of methoxy groups -OCH3 is 1. The van der Waals surface area contributed by atoms with E-state index in [-0.39, 0.29) is 0 Å². The Hall–Kier alpha value is -1.79. The van der Waals surface area contributed by atoms with E-state index in [1.165, 1.54) is 7.11 Å². The monoisotopic (exact) mass is 286 g/mol. The summed E-state index contributed by atoms with van der Waals surface area (Å²) in [6, 6.07) is -1.18. The number of ether oxygens (including phenoxy) is 3. The molecular weight excluding hydrogens is 264 g/mol. The molecule has 0 aliphatic carbocycles. The van der Waals surface area contributed by atoms with Crippen LogP contribution in [0.3, 0.4) is 0 Å². The molecule has 1 heterocycles. The van der Waals surface area contributed by atoms with Gasteiger partial charge in [0.1, 0.15) is 17.7 Å². The van der Waals surface area contributed by atoms with Crippen LogP contribution in [-0.4, -0.2) is 48.9 Å². The molecule has 1 aliphatic rings. The van der Waals surface area contributed by atoms with Gasteiger partial charge in [0.15, 0.2) is 6.04 Å². The van der Waals surface area contributed by atoms with E-state index in [4.69, 9.17) is 9.47 Å². The molecule has 7 nitrogen and oxygen atoms in total. The Balaban J connectivity index is 2.62. The van der Waals surface area contributed by atoms with Crippen molar-refractivity contribution in [2.45, 2.75) is 58.4 Å². The second kappa shape index (κ2) is 6.11. The van der Waals surface area contributed by atoms with Crippen molar-refractivity contribution in [3.05, 3.63) is 0 Å². The van der Waals surface area contributed by atoms with E-state index >= 15 is 0 Å². The number of esters is 1. The summed E-state index contributed by atoms with van der Waals surface area (Å²) in [6.45, 7) is 8.75. The molecule has 0 radical (unpaired) electrons. The van der Waals surface area contributed by atoms with E-state index in [9.17, 15) is 9.59 Å². The molecule has 1 aliphatic heterocycles. The first-order valence-electron chi connectivity index (χ1n) is 6.45. The van der Waals surface area contributed by atoms with E-state index in [1.54, 1.807) is 34.6 Å². The quantitative estimate of drug-likeness (QED) is 0.789. The van der Waals surface area contributed by atoms with Gasteiger partial charge in [-0.3, -0.25) is 0 Å². The Morgan fingerprint density at radius 2 is 2.00 bits per heavy atom. The van der Waals surface area contributed by atoms with Crippen molar-refractivity contribution in [2.24, 2.45) is 4.99 Å². The van der Waals surface area contributed by atoms with Crippen molar-refractivity contribution in [3.8, 4) is 0 Å². The number of alkyl carbamates (subject to hydrolysis) is 1. The fourth-order valence-electron chi connectivity index (χ4n) is 1.65. The molecule has 0 aromatic carbocycles. The zero-order chi connectivity index (χ0) is 15.5. The van der Waals surface area contributed by atoms with Gasteiger partial charge in [0.2, 0.25) is 5.90 Å². The number of hydrogen-bond donors (Lipinski definition) is 1. The molecule has 1 rings (SSSR count). The molecule has 114 valence electrons. The Bertz CT molecular complexity index is 413. The summed E-state index contributed by atoms with van der Waals surface area (Å²) in [5.41, 5.74) is -0.579. The molecule has 0 saturated carbocycles. The summed E-state index contributed by atoms with van der Waals surface area (Å²) in [6.07, 6.45) is -0.981. The minimum Gasteiger partial charge on any atom is -0.474 e. The SMILES string of the molecule is COC(=O)[C@H]1N=C([C@H](C)NC(=O)OC(C)(C)C)O[C@@H]1C. The minimum atomic E-state index is -0.696. The predicted octanol–water partition coefficient (Wildman–Crippen LogP) is 1.26. The second-order valence-electron chi connectivity index (χ2n) is 5.63. The molecule has 0 unspecified atom stereocenters. The van der Waals surface area contributed by atoms with Crippen LogP contribution < -0.4 is 5.32 Å². The van der Waals surface area contributed by atoms with E-state index in [1.807, 2.05) is 0 Å². The number of hydrogen-bond acceptors (Lipinski definition) is 6. The Morgan fingerprint density at radius 1 is 1.40 bits per heavy atom. The summed E-state index contributed by atoms with van der Waals surface area (Å²) in [5.74, 6) is -0.171. The fourth-order valence-corrected chi connectivity index (χ4v) is 1.65. The molecule has 7 heteroatoms. The molecule has 0 fully saturated rings. The summed E-state index contributed by atoms with van der Waals surface area (Å²) in [5, 5.41) is 2.61. The van der Waals surface area contributed by atoms with Crippen molar-refractivity contribution >= 4 is 18.0 Å². The second-order valence-corrected chi connectivity index (χ2v) is 5.63. The molecule has 1 N–H and O–H groups in total. The molecule has 3 atom stereocenters. The third kappa shape index (κ3) is 4.40. The molecule has 20 heavy (non-hydrogen) atoms. The van der Waals surface area contributed by atoms with Gasteiger partial charge in [-0.05, 0) is 34.6 Å². The van der Waals surface area contributed by atoms with Gasteiger partial charge in [-0.15, -0.1) is 0 Å². The van der Waals surface area contributed by atoms with Crippen LogP contribution in [0.5, 0.6) is 0 Å². The standard InChI is InChI=1S/C13H22N2O5/c1-7(14-12(17)20-13(3,4)5)10-15-9(8(2)19-10)11(16)18-6/h7-9H,1-6H3,(H,14,17)/t7-,8+,9-/m0/s1. The molecule has 0 aromatic rings. The third-order valence-corrected chi connectivity index (χ3v) is 2.56. The maximum absolute atomic E-state index is 11.6. The maximum Gasteiger partial charge on any atom is 0.408 e. The molecule has 0 saturated heterocycles. The van der Waals surface area contributed by atoms with Gasteiger partial charge in [0, 0.05) is 0 Å². The average Bonchev–Trinajstić information content (AvgIpc) is 2.67. The smallest absolute Gasteiger partial charge is 0.408 e. The first kappa shape index (κ1) is 16.3. The summed E-state index contributed by atoms with van der Waals surface area (Å²) < 4.78 is 15.2. The highest BCUT2D eigenvalue weighted by Gasteiger charge is 2.36. The molecule has 0 bridgehead atoms. The molecule has 1 amide bonds. The largest absolute Gasteiger partial charge is 0.474 e. The first-order chi connectivity index (χ1) is 9.14. The number of rotatable bonds is 3. The fraction of sp³-hybridized carbons (Fsp3) is 0.769. The number of nitrogens with zero attached hydrogens (tertiary/aromatic N) is 1.